The van der Waals surface area contributed by atoms with Crippen LogP contribution in [0.3, 0.4) is 0 Å². The van der Waals surface area contributed by atoms with Crippen LogP contribution < -0.4 is 10.5 Å². The highest BCUT2D eigenvalue weighted by atomic mass is 32.2. The number of nitrogens with zero attached hydrogens (tertiary/aromatic N) is 1. The lowest BCUT2D eigenvalue weighted by Gasteiger charge is -2.08. The molecule has 0 fully saturated rings. The van der Waals surface area contributed by atoms with Gasteiger partial charge in [0, 0.05) is 12.4 Å². The van der Waals surface area contributed by atoms with Crippen LogP contribution in [-0.2, 0) is 10.0 Å². The first-order valence-corrected chi connectivity index (χ1v) is 7.42. The number of halogens is 1. The lowest BCUT2D eigenvalue weighted by atomic mass is 10.2. The fourth-order valence-electron chi connectivity index (χ4n) is 1.55. The summed E-state index contributed by atoms with van der Waals surface area (Å²) in [5.74, 6) is 4.46. The molecule has 0 saturated carbocycles. The number of rotatable bonds is 3. The van der Waals surface area contributed by atoms with E-state index in [1.165, 1.54) is 36.7 Å². The van der Waals surface area contributed by atoms with E-state index in [4.69, 9.17) is 5.73 Å². The summed E-state index contributed by atoms with van der Waals surface area (Å²) in [4.78, 5) is 3.73. The number of pyridine rings is 1. The standard InChI is InChI=1S/C14H12FN3O2S/c15-14-9-12(6-5-11(14)3-1-7-16)18-21(19,20)13-4-2-8-17-10-13/h2,4-6,8-10,18H,7,16H2. The first-order valence-electron chi connectivity index (χ1n) is 5.94. The number of aromatic nitrogens is 1. The van der Waals surface area contributed by atoms with Crippen LogP contribution in [0.1, 0.15) is 5.56 Å². The van der Waals surface area contributed by atoms with Crippen LogP contribution in [0.2, 0.25) is 0 Å². The molecule has 0 atom stereocenters. The molecule has 1 heterocycles. The van der Waals surface area contributed by atoms with Gasteiger partial charge in [0.15, 0.2) is 0 Å². The fourth-order valence-corrected chi connectivity index (χ4v) is 2.56. The van der Waals surface area contributed by atoms with E-state index >= 15 is 0 Å². The SMILES string of the molecule is NCC#Cc1ccc(NS(=O)(=O)c2cccnc2)cc1F. The first kappa shape index (κ1) is 15.0. The largest absolute Gasteiger partial charge is 0.320 e. The second-order valence-electron chi connectivity index (χ2n) is 3.99. The van der Waals surface area contributed by atoms with Crippen LogP contribution in [0.5, 0.6) is 0 Å². The smallest absolute Gasteiger partial charge is 0.263 e. The van der Waals surface area contributed by atoms with Crippen molar-refractivity contribution < 1.29 is 12.8 Å². The molecule has 0 unspecified atom stereocenters. The van der Waals surface area contributed by atoms with Crippen LogP contribution in [0, 0.1) is 17.7 Å². The van der Waals surface area contributed by atoms with Crippen molar-refractivity contribution in [1.29, 1.82) is 0 Å². The van der Waals surface area contributed by atoms with Crippen LogP contribution in [-0.4, -0.2) is 19.9 Å². The van der Waals surface area contributed by atoms with Crippen LogP contribution in [0.4, 0.5) is 10.1 Å². The van der Waals surface area contributed by atoms with E-state index in [0.29, 0.717) is 0 Å². The van der Waals surface area contributed by atoms with Gasteiger partial charge in [-0.25, -0.2) is 12.8 Å². The third-order valence-electron chi connectivity index (χ3n) is 2.49. The summed E-state index contributed by atoms with van der Waals surface area (Å²) >= 11 is 0. The molecule has 2 aromatic rings. The number of sulfonamides is 1. The third-order valence-corrected chi connectivity index (χ3v) is 3.86. The van der Waals surface area contributed by atoms with Gasteiger partial charge in [0.1, 0.15) is 10.7 Å². The molecule has 2 rings (SSSR count). The van der Waals surface area contributed by atoms with Crippen LogP contribution >= 0.6 is 0 Å². The predicted molar refractivity (Wildman–Crippen MR) is 77.4 cm³/mol. The Morgan fingerprint density at radius 3 is 2.76 bits per heavy atom. The maximum atomic E-state index is 13.8. The van der Waals surface area contributed by atoms with E-state index in [1.54, 1.807) is 0 Å². The Hall–Kier alpha value is -2.43. The first-order chi connectivity index (χ1) is 10.0. The summed E-state index contributed by atoms with van der Waals surface area (Å²) in [5.41, 5.74) is 5.47. The minimum atomic E-state index is -3.80. The van der Waals surface area contributed by atoms with Crippen LogP contribution in [0.15, 0.2) is 47.6 Å². The van der Waals surface area contributed by atoms with E-state index < -0.39 is 15.8 Å². The van der Waals surface area contributed by atoms with Crippen molar-refractivity contribution >= 4 is 15.7 Å². The van der Waals surface area contributed by atoms with Gasteiger partial charge in [-0.15, -0.1) is 0 Å². The lowest BCUT2D eigenvalue weighted by molar-refractivity contribution is 0.600. The highest BCUT2D eigenvalue weighted by molar-refractivity contribution is 7.92. The van der Waals surface area contributed by atoms with Crippen molar-refractivity contribution in [3.05, 3.63) is 54.1 Å². The Balaban J connectivity index is 2.27. The molecule has 0 radical (unpaired) electrons. The molecule has 0 spiro atoms. The van der Waals surface area contributed by atoms with Crippen molar-refractivity contribution in [3.63, 3.8) is 0 Å². The van der Waals surface area contributed by atoms with Gasteiger partial charge < -0.3 is 5.73 Å². The van der Waals surface area contributed by atoms with Crippen molar-refractivity contribution in [2.75, 3.05) is 11.3 Å². The Kier molecular flexibility index (Phi) is 4.52. The van der Waals surface area contributed by atoms with E-state index in [-0.39, 0.29) is 22.7 Å². The fraction of sp³-hybridized carbons (Fsp3) is 0.0714. The second-order valence-corrected chi connectivity index (χ2v) is 5.68. The average Bonchev–Trinajstić information content (AvgIpc) is 2.47. The topological polar surface area (TPSA) is 85.1 Å². The van der Waals surface area contributed by atoms with E-state index in [2.05, 4.69) is 21.5 Å². The molecule has 108 valence electrons. The second kappa shape index (κ2) is 6.35. The number of nitrogens with two attached hydrogens (primary N) is 1. The predicted octanol–water partition coefficient (Wildman–Crippen LogP) is 1.33. The molecule has 3 N–H and O–H groups in total. The normalized spacial score (nSPS) is 10.6. The molecule has 0 amide bonds. The summed E-state index contributed by atoms with van der Waals surface area (Å²) in [6.45, 7) is 0.120. The molecule has 5 nitrogen and oxygen atoms in total. The van der Waals surface area contributed by atoms with Crippen molar-refractivity contribution in [3.8, 4) is 11.8 Å². The number of anilines is 1. The molecule has 21 heavy (non-hydrogen) atoms. The van der Waals surface area contributed by atoms with E-state index in [0.717, 1.165) is 6.07 Å². The van der Waals surface area contributed by atoms with Crippen molar-refractivity contribution in [1.82, 2.24) is 4.98 Å². The summed E-state index contributed by atoms with van der Waals surface area (Å²) in [5, 5.41) is 0. The summed E-state index contributed by atoms with van der Waals surface area (Å²) in [6.07, 6.45) is 2.67. The summed E-state index contributed by atoms with van der Waals surface area (Å²) in [7, 11) is -3.80. The van der Waals surface area contributed by atoms with E-state index in [9.17, 15) is 12.8 Å². The average molecular weight is 305 g/mol. The zero-order valence-corrected chi connectivity index (χ0v) is 11.7. The zero-order valence-electron chi connectivity index (χ0n) is 10.9. The maximum absolute atomic E-state index is 13.8. The Bertz CT molecular complexity index is 796. The zero-order chi connectivity index (χ0) is 15.3. The monoisotopic (exact) mass is 305 g/mol. The molecule has 7 heteroatoms. The number of nitrogens with one attached hydrogen (secondary N) is 1. The van der Waals surface area contributed by atoms with Gasteiger partial charge in [-0.3, -0.25) is 9.71 Å². The quantitative estimate of drug-likeness (QED) is 0.838. The van der Waals surface area contributed by atoms with Gasteiger partial charge in [0.05, 0.1) is 17.8 Å². The molecule has 0 aliphatic rings. The molecular weight excluding hydrogens is 293 g/mol. The third kappa shape index (κ3) is 3.78. The lowest BCUT2D eigenvalue weighted by Crippen LogP contribution is -2.13. The minimum absolute atomic E-state index is 0.00240. The molecule has 0 saturated heterocycles. The minimum Gasteiger partial charge on any atom is -0.320 e. The van der Waals surface area contributed by atoms with Gasteiger partial charge >= 0.3 is 0 Å². The Morgan fingerprint density at radius 1 is 1.33 bits per heavy atom. The summed E-state index contributed by atoms with van der Waals surface area (Å²) in [6, 6.07) is 6.78. The number of benzene rings is 1. The molecule has 0 aliphatic carbocycles. The van der Waals surface area contributed by atoms with Gasteiger partial charge in [0.25, 0.3) is 10.0 Å². The highest BCUT2D eigenvalue weighted by Crippen LogP contribution is 2.18. The van der Waals surface area contributed by atoms with Crippen LogP contribution in [0.25, 0.3) is 0 Å². The summed E-state index contributed by atoms with van der Waals surface area (Å²) < 4.78 is 40.1. The maximum Gasteiger partial charge on any atom is 0.263 e. The number of hydrogen-bond donors (Lipinski definition) is 2. The van der Waals surface area contributed by atoms with Gasteiger partial charge in [0.2, 0.25) is 0 Å². The Labute approximate surface area is 122 Å². The molecular formula is C14H12FN3O2S. The van der Waals surface area contributed by atoms with Crippen molar-refractivity contribution in [2.45, 2.75) is 4.90 Å². The molecule has 0 aliphatic heterocycles. The van der Waals surface area contributed by atoms with Crippen molar-refractivity contribution in [2.24, 2.45) is 5.73 Å². The van der Waals surface area contributed by atoms with Gasteiger partial charge in [-0.2, -0.15) is 0 Å². The van der Waals surface area contributed by atoms with Gasteiger partial charge in [-0.05, 0) is 30.3 Å². The Morgan fingerprint density at radius 2 is 2.14 bits per heavy atom. The van der Waals surface area contributed by atoms with E-state index in [1.807, 2.05) is 0 Å². The highest BCUT2D eigenvalue weighted by Gasteiger charge is 2.14. The molecule has 0 bridgehead atoms. The number of hydrogen-bond acceptors (Lipinski definition) is 4. The molecule has 1 aromatic heterocycles. The molecule has 1 aromatic carbocycles. The van der Waals surface area contributed by atoms with Gasteiger partial charge in [-0.1, -0.05) is 11.8 Å².